The highest BCUT2D eigenvalue weighted by Gasteiger charge is 2.37. The number of nitrogens with zero attached hydrogens (tertiary/aromatic N) is 2. The van der Waals surface area contributed by atoms with Crippen LogP contribution in [0.5, 0.6) is 0 Å². The maximum atomic E-state index is 13.4. The third kappa shape index (κ3) is 3.51. The minimum atomic E-state index is -3.64. The van der Waals surface area contributed by atoms with Gasteiger partial charge in [-0.05, 0) is 42.4 Å². The summed E-state index contributed by atoms with van der Waals surface area (Å²) in [5, 5.41) is 0. The Labute approximate surface area is 158 Å². The summed E-state index contributed by atoms with van der Waals surface area (Å²) < 4.78 is 29.2. The summed E-state index contributed by atoms with van der Waals surface area (Å²) in [6.45, 7) is 7.62. The molecule has 2 heterocycles. The van der Waals surface area contributed by atoms with E-state index in [0.29, 0.717) is 50.0 Å². The van der Waals surface area contributed by atoms with Crippen LogP contribution in [0.4, 0.5) is 5.69 Å². The van der Waals surface area contributed by atoms with Crippen LogP contribution in [-0.4, -0.2) is 38.3 Å². The number of rotatable bonds is 3. The van der Waals surface area contributed by atoms with E-state index in [2.05, 4.69) is 29.8 Å². The minimum Gasteiger partial charge on any atom is -0.310 e. The van der Waals surface area contributed by atoms with Crippen LogP contribution in [0.25, 0.3) is 0 Å². The van der Waals surface area contributed by atoms with E-state index in [0.717, 1.165) is 16.5 Å². The molecule has 2 aliphatic heterocycles. The number of carbonyl (C=O) groups excluding carboxylic acids is 1. The molecule has 0 unspecified atom stereocenters. The van der Waals surface area contributed by atoms with E-state index >= 15 is 0 Å². The maximum absolute atomic E-state index is 13.4. The zero-order chi connectivity index (χ0) is 18.4. The smallest absolute Gasteiger partial charge is 0.245 e. The average Bonchev–Trinajstić information content (AvgIpc) is 2.95. The number of halogens is 1. The second kappa shape index (κ2) is 7.00. The van der Waals surface area contributed by atoms with E-state index in [4.69, 9.17) is 0 Å². The number of fused-ring (bicyclic) bond motifs is 1. The number of anilines is 1. The van der Waals surface area contributed by atoms with Gasteiger partial charge >= 0.3 is 0 Å². The Morgan fingerprint density at radius 2 is 1.88 bits per heavy atom. The molecular weight excluding hydrogens is 404 g/mol. The van der Waals surface area contributed by atoms with Crippen LogP contribution in [0, 0.1) is 11.8 Å². The molecule has 2 aliphatic rings. The monoisotopic (exact) mass is 428 g/mol. The fourth-order valence-electron chi connectivity index (χ4n) is 4.05. The molecule has 0 aliphatic carbocycles. The molecule has 0 spiro atoms. The van der Waals surface area contributed by atoms with Gasteiger partial charge in [-0.25, -0.2) is 8.42 Å². The number of benzene rings is 1. The van der Waals surface area contributed by atoms with Crippen molar-refractivity contribution in [2.75, 3.05) is 24.5 Å². The lowest BCUT2D eigenvalue weighted by molar-refractivity contribution is -0.118. The molecule has 0 radical (unpaired) electrons. The van der Waals surface area contributed by atoms with Crippen molar-refractivity contribution in [3.63, 3.8) is 0 Å². The van der Waals surface area contributed by atoms with Gasteiger partial charge in [-0.3, -0.25) is 4.79 Å². The van der Waals surface area contributed by atoms with Crippen molar-refractivity contribution in [2.45, 2.75) is 44.9 Å². The maximum Gasteiger partial charge on any atom is 0.245 e. The van der Waals surface area contributed by atoms with E-state index < -0.39 is 10.0 Å². The predicted octanol–water partition coefficient (Wildman–Crippen LogP) is 3.41. The van der Waals surface area contributed by atoms with Gasteiger partial charge < -0.3 is 4.90 Å². The molecule has 0 saturated carbocycles. The molecule has 5 nitrogen and oxygen atoms in total. The molecule has 2 atom stereocenters. The Morgan fingerprint density at radius 1 is 1.24 bits per heavy atom. The number of sulfonamides is 1. The van der Waals surface area contributed by atoms with Crippen molar-refractivity contribution >= 4 is 37.5 Å². The molecule has 0 bridgehead atoms. The Balaban J connectivity index is 2.09. The second-order valence-electron chi connectivity index (χ2n) is 7.33. The molecule has 0 aromatic heterocycles. The zero-order valence-corrected chi connectivity index (χ0v) is 17.4. The molecule has 1 saturated heterocycles. The standard InChI is InChI=1S/C18H25BrN2O3S/c1-4-17(22)21-6-5-14-8-15(19)9-16(18(14)21)25(23,24)20-10-12(2)7-13(3)11-20/h8-9,12-13H,4-7,10-11H2,1-3H3/t12-,13+. The summed E-state index contributed by atoms with van der Waals surface area (Å²) in [7, 11) is -3.64. The van der Waals surface area contributed by atoms with Gasteiger partial charge in [-0.1, -0.05) is 36.7 Å². The molecule has 3 rings (SSSR count). The van der Waals surface area contributed by atoms with Gasteiger partial charge in [0.25, 0.3) is 0 Å². The van der Waals surface area contributed by atoms with Crippen molar-refractivity contribution in [1.29, 1.82) is 0 Å². The minimum absolute atomic E-state index is 0.0297. The molecule has 138 valence electrons. The van der Waals surface area contributed by atoms with Crippen LogP contribution in [0.2, 0.25) is 0 Å². The largest absolute Gasteiger partial charge is 0.310 e. The third-order valence-electron chi connectivity index (χ3n) is 5.05. The summed E-state index contributed by atoms with van der Waals surface area (Å²) in [5.74, 6) is 0.650. The molecule has 1 aromatic rings. The van der Waals surface area contributed by atoms with Gasteiger partial charge in [0.05, 0.1) is 5.69 Å². The van der Waals surface area contributed by atoms with Crippen LogP contribution in [-0.2, 0) is 21.2 Å². The Bertz CT molecular complexity index is 784. The van der Waals surface area contributed by atoms with Crippen LogP contribution in [0.1, 0.15) is 39.2 Å². The SMILES string of the molecule is CCC(=O)N1CCc2cc(Br)cc(S(=O)(=O)N3C[C@H](C)C[C@H](C)C3)c21. The lowest BCUT2D eigenvalue weighted by Gasteiger charge is -2.34. The van der Waals surface area contributed by atoms with Crippen molar-refractivity contribution in [3.8, 4) is 0 Å². The zero-order valence-electron chi connectivity index (χ0n) is 15.0. The van der Waals surface area contributed by atoms with Crippen molar-refractivity contribution < 1.29 is 13.2 Å². The fourth-order valence-corrected chi connectivity index (χ4v) is 6.65. The predicted molar refractivity (Wildman–Crippen MR) is 102 cm³/mol. The molecule has 1 fully saturated rings. The first kappa shape index (κ1) is 18.9. The Kier molecular flexibility index (Phi) is 5.28. The first-order valence-electron chi connectivity index (χ1n) is 8.87. The average molecular weight is 429 g/mol. The highest BCUT2D eigenvalue weighted by atomic mass is 79.9. The summed E-state index contributed by atoms with van der Waals surface area (Å²) in [6, 6.07) is 3.58. The summed E-state index contributed by atoms with van der Waals surface area (Å²) in [5.41, 5.74) is 1.51. The second-order valence-corrected chi connectivity index (χ2v) is 10.2. The number of carbonyl (C=O) groups is 1. The van der Waals surface area contributed by atoms with Crippen molar-refractivity contribution in [3.05, 3.63) is 22.2 Å². The van der Waals surface area contributed by atoms with Gasteiger partial charge in [0.15, 0.2) is 0 Å². The topological polar surface area (TPSA) is 57.7 Å². The number of amides is 1. The van der Waals surface area contributed by atoms with E-state index in [-0.39, 0.29) is 10.8 Å². The lowest BCUT2D eigenvalue weighted by atomic mass is 9.94. The number of hydrogen-bond acceptors (Lipinski definition) is 3. The van der Waals surface area contributed by atoms with E-state index in [9.17, 15) is 13.2 Å². The number of piperidine rings is 1. The van der Waals surface area contributed by atoms with Crippen LogP contribution in [0.3, 0.4) is 0 Å². The number of hydrogen-bond donors (Lipinski definition) is 0. The summed E-state index contributed by atoms with van der Waals surface area (Å²) >= 11 is 3.44. The molecule has 0 N–H and O–H groups in total. The van der Waals surface area contributed by atoms with Crippen molar-refractivity contribution in [1.82, 2.24) is 4.31 Å². The van der Waals surface area contributed by atoms with Gasteiger partial charge in [0, 0.05) is 30.5 Å². The molecule has 1 aromatic carbocycles. The summed E-state index contributed by atoms with van der Waals surface area (Å²) in [4.78, 5) is 14.2. The van der Waals surface area contributed by atoms with Crippen molar-refractivity contribution in [2.24, 2.45) is 11.8 Å². The van der Waals surface area contributed by atoms with Gasteiger partial charge in [-0.2, -0.15) is 4.31 Å². The Morgan fingerprint density at radius 3 is 2.48 bits per heavy atom. The first-order chi connectivity index (χ1) is 11.7. The van der Waals surface area contributed by atoms with Crippen LogP contribution in [0.15, 0.2) is 21.5 Å². The van der Waals surface area contributed by atoms with Gasteiger partial charge in [-0.15, -0.1) is 0 Å². The molecular formula is C18H25BrN2O3S. The van der Waals surface area contributed by atoms with E-state index in [1.165, 1.54) is 0 Å². The molecule has 1 amide bonds. The first-order valence-corrected chi connectivity index (χ1v) is 11.1. The third-order valence-corrected chi connectivity index (χ3v) is 7.35. The molecule has 25 heavy (non-hydrogen) atoms. The quantitative estimate of drug-likeness (QED) is 0.740. The normalized spacial score (nSPS) is 24.4. The Hall–Kier alpha value is -0.920. The van der Waals surface area contributed by atoms with Crippen LogP contribution < -0.4 is 4.90 Å². The highest BCUT2D eigenvalue weighted by Crippen LogP contribution is 2.40. The lowest BCUT2D eigenvalue weighted by Crippen LogP contribution is -2.43. The van der Waals surface area contributed by atoms with Crippen LogP contribution >= 0.6 is 15.9 Å². The van der Waals surface area contributed by atoms with Gasteiger partial charge in [0.2, 0.25) is 15.9 Å². The highest BCUT2D eigenvalue weighted by molar-refractivity contribution is 9.10. The fraction of sp³-hybridized carbons (Fsp3) is 0.611. The molecule has 7 heteroatoms. The van der Waals surface area contributed by atoms with Gasteiger partial charge in [0.1, 0.15) is 4.90 Å². The van der Waals surface area contributed by atoms with E-state index in [1.54, 1.807) is 22.2 Å². The summed E-state index contributed by atoms with van der Waals surface area (Å²) in [6.07, 6.45) is 2.10. The van der Waals surface area contributed by atoms with E-state index in [1.807, 2.05) is 6.07 Å².